The number of halogens is 2. The molecule has 0 amide bonds. The van der Waals surface area contributed by atoms with Gasteiger partial charge in [-0.25, -0.2) is 19.2 Å². The lowest BCUT2D eigenvalue weighted by Gasteiger charge is -2.14. The molecule has 4 aromatic rings. The smallest absolute Gasteiger partial charge is 0.333 e. The van der Waals surface area contributed by atoms with Gasteiger partial charge in [0.1, 0.15) is 11.6 Å². The van der Waals surface area contributed by atoms with Gasteiger partial charge in [0, 0.05) is 17.4 Å². The highest BCUT2D eigenvalue weighted by atomic mass is 35.5. The van der Waals surface area contributed by atoms with Crippen molar-refractivity contribution in [1.82, 2.24) is 19.1 Å². The number of methoxy groups -OCH3 is 1. The van der Waals surface area contributed by atoms with Crippen LogP contribution in [0.4, 0.5) is 4.39 Å². The van der Waals surface area contributed by atoms with Gasteiger partial charge in [-0.3, -0.25) is 13.9 Å². The number of hydrogen-bond donors (Lipinski definition) is 0. The number of benzene rings is 2. The zero-order chi connectivity index (χ0) is 21.3. The summed E-state index contributed by atoms with van der Waals surface area (Å²) < 4.78 is 20.9. The minimum absolute atomic E-state index is 0.00995. The van der Waals surface area contributed by atoms with Crippen molar-refractivity contribution in [2.24, 2.45) is 0 Å². The first-order valence-corrected chi connectivity index (χ1v) is 9.37. The molecule has 0 spiro atoms. The highest BCUT2D eigenvalue weighted by Gasteiger charge is 2.17. The molecule has 2 aromatic heterocycles. The minimum Gasteiger partial charge on any atom is -0.497 e. The van der Waals surface area contributed by atoms with E-state index in [9.17, 15) is 14.0 Å². The second-order valence-electron chi connectivity index (χ2n) is 6.57. The molecular weight excluding hydrogens is 411 g/mol. The predicted octanol–water partition coefficient (Wildman–Crippen LogP) is 2.85. The van der Waals surface area contributed by atoms with Crippen LogP contribution in [0.1, 0.15) is 11.1 Å². The van der Waals surface area contributed by atoms with Gasteiger partial charge in [0.05, 0.1) is 20.2 Å². The molecule has 0 bridgehead atoms. The first kappa shape index (κ1) is 19.8. The molecule has 152 valence electrons. The van der Waals surface area contributed by atoms with Crippen molar-refractivity contribution in [1.29, 1.82) is 0 Å². The zero-order valence-electron chi connectivity index (χ0n) is 15.9. The predicted molar refractivity (Wildman–Crippen MR) is 111 cm³/mol. The van der Waals surface area contributed by atoms with Crippen LogP contribution in [0.3, 0.4) is 0 Å². The third kappa shape index (κ3) is 3.69. The van der Waals surface area contributed by atoms with Crippen LogP contribution in [0.2, 0.25) is 5.02 Å². The van der Waals surface area contributed by atoms with Crippen molar-refractivity contribution in [3.8, 4) is 5.75 Å². The van der Waals surface area contributed by atoms with E-state index in [0.29, 0.717) is 11.3 Å². The molecule has 0 saturated heterocycles. The van der Waals surface area contributed by atoms with E-state index in [1.54, 1.807) is 31.4 Å². The summed E-state index contributed by atoms with van der Waals surface area (Å²) in [5, 5.41) is 0.173. The van der Waals surface area contributed by atoms with Crippen LogP contribution < -0.4 is 16.0 Å². The number of fused-ring (bicyclic) bond motifs is 1. The summed E-state index contributed by atoms with van der Waals surface area (Å²) in [5.41, 5.74) is 0.346. The highest BCUT2D eigenvalue weighted by molar-refractivity contribution is 6.31. The molecule has 2 heterocycles. The van der Waals surface area contributed by atoms with Gasteiger partial charge in [0.15, 0.2) is 11.2 Å². The molecule has 0 unspecified atom stereocenters. The molecule has 0 fully saturated rings. The number of ether oxygens (including phenoxy) is 1. The Bertz CT molecular complexity index is 1350. The van der Waals surface area contributed by atoms with Crippen molar-refractivity contribution in [3.63, 3.8) is 0 Å². The van der Waals surface area contributed by atoms with Gasteiger partial charge in [0.2, 0.25) is 0 Å². The van der Waals surface area contributed by atoms with E-state index in [-0.39, 0.29) is 29.3 Å². The fraction of sp³-hybridized carbons (Fsp3) is 0.143. The van der Waals surface area contributed by atoms with E-state index >= 15 is 0 Å². The molecule has 0 saturated carbocycles. The lowest BCUT2D eigenvalue weighted by Crippen LogP contribution is -2.41. The first-order chi connectivity index (χ1) is 14.5. The van der Waals surface area contributed by atoms with Crippen LogP contribution in [0, 0.1) is 5.82 Å². The molecule has 0 radical (unpaired) electrons. The van der Waals surface area contributed by atoms with Crippen molar-refractivity contribution in [3.05, 3.63) is 97.7 Å². The molecule has 0 aliphatic heterocycles. The fourth-order valence-electron chi connectivity index (χ4n) is 3.15. The quantitative estimate of drug-likeness (QED) is 0.490. The summed E-state index contributed by atoms with van der Waals surface area (Å²) in [5.74, 6) is 0.184. The third-order valence-corrected chi connectivity index (χ3v) is 5.04. The molecule has 0 aliphatic carbocycles. The summed E-state index contributed by atoms with van der Waals surface area (Å²) >= 11 is 6.14. The molecule has 9 heteroatoms. The third-order valence-electron chi connectivity index (χ3n) is 4.69. The maximum Gasteiger partial charge on any atom is 0.333 e. The fourth-order valence-corrected chi connectivity index (χ4v) is 3.37. The van der Waals surface area contributed by atoms with Gasteiger partial charge in [0.25, 0.3) is 5.56 Å². The Morgan fingerprint density at radius 2 is 1.73 bits per heavy atom. The number of hydrogen-bond acceptors (Lipinski definition) is 5. The van der Waals surface area contributed by atoms with E-state index in [1.807, 2.05) is 0 Å². The van der Waals surface area contributed by atoms with E-state index in [2.05, 4.69) is 9.97 Å². The van der Waals surface area contributed by atoms with Gasteiger partial charge in [-0.15, -0.1) is 0 Å². The van der Waals surface area contributed by atoms with Crippen LogP contribution in [0.5, 0.6) is 5.75 Å². The zero-order valence-corrected chi connectivity index (χ0v) is 16.6. The van der Waals surface area contributed by atoms with E-state index in [1.165, 1.54) is 35.2 Å². The second-order valence-corrected chi connectivity index (χ2v) is 6.98. The maximum absolute atomic E-state index is 13.4. The Morgan fingerprint density at radius 1 is 1.00 bits per heavy atom. The molecule has 2 aromatic carbocycles. The average molecular weight is 427 g/mol. The molecule has 0 N–H and O–H groups in total. The molecule has 4 rings (SSSR count). The Balaban J connectivity index is 1.86. The Kier molecular flexibility index (Phi) is 5.33. The number of aromatic nitrogens is 4. The van der Waals surface area contributed by atoms with Crippen LogP contribution >= 0.6 is 11.6 Å². The van der Waals surface area contributed by atoms with Gasteiger partial charge in [-0.2, -0.15) is 0 Å². The molecule has 30 heavy (non-hydrogen) atoms. The summed E-state index contributed by atoms with van der Waals surface area (Å²) in [6, 6.07) is 11.0. The van der Waals surface area contributed by atoms with Crippen LogP contribution in [0.15, 0.2) is 64.4 Å². The lowest BCUT2D eigenvalue weighted by atomic mass is 10.2. The maximum atomic E-state index is 13.4. The number of nitrogens with zero attached hydrogens (tertiary/aromatic N) is 4. The average Bonchev–Trinajstić information content (AvgIpc) is 2.76. The Hall–Kier alpha value is -3.52. The van der Waals surface area contributed by atoms with Crippen LogP contribution in [0.25, 0.3) is 11.2 Å². The normalized spacial score (nSPS) is 11.0. The minimum atomic E-state index is -0.566. The molecule has 0 atom stereocenters. The topological polar surface area (TPSA) is 79.0 Å². The van der Waals surface area contributed by atoms with Crippen molar-refractivity contribution < 1.29 is 9.13 Å². The SMILES string of the molecule is COc1ccc(Cn2c(=O)c3nccnc3n(Cc3ccc(F)cc3Cl)c2=O)cc1. The Labute approximate surface area is 175 Å². The van der Waals surface area contributed by atoms with E-state index < -0.39 is 17.1 Å². The largest absolute Gasteiger partial charge is 0.497 e. The van der Waals surface area contributed by atoms with Crippen molar-refractivity contribution in [2.75, 3.05) is 7.11 Å². The molecule has 0 aliphatic rings. The van der Waals surface area contributed by atoms with Crippen molar-refractivity contribution in [2.45, 2.75) is 13.1 Å². The standard InChI is InChI=1S/C21H16ClFN4O3/c1-30-16-6-2-13(3-7-16)11-27-20(28)18-19(25-9-8-24-18)26(21(27)29)12-14-4-5-15(23)10-17(14)22/h2-10H,11-12H2,1H3. The Morgan fingerprint density at radius 3 is 2.43 bits per heavy atom. The van der Waals surface area contributed by atoms with Gasteiger partial charge in [-0.1, -0.05) is 29.8 Å². The van der Waals surface area contributed by atoms with E-state index in [4.69, 9.17) is 16.3 Å². The summed E-state index contributed by atoms with van der Waals surface area (Å²) in [6.45, 7) is 0.0569. The first-order valence-electron chi connectivity index (χ1n) is 8.99. The molecule has 7 nitrogen and oxygen atoms in total. The van der Waals surface area contributed by atoms with Gasteiger partial charge >= 0.3 is 5.69 Å². The highest BCUT2D eigenvalue weighted by Crippen LogP contribution is 2.19. The van der Waals surface area contributed by atoms with Gasteiger partial charge < -0.3 is 4.74 Å². The summed E-state index contributed by atoms with van der Waals surface area (Å²) in [4.78, 5) is 34.5. The second kappa shape index (κ2) is 8.08. The summed E-state index contributed by atoms with van der Waals surface area (Å²) in [6.07, 6.45) is 2.79. The summed E-state index contributed by atoms with van der Waals surface area (Å²) in [7, 11) is 1.56. The monoisotopic (exact) mass is 426 g/mol. The van der Waals surface area contributed by atoms with E-state index in [0.717, 1.165) is 10.1 Å². The van der Waals surface area contributed by atoms with Gasteiger partial charge in [-0.05, 0) is 35.4 Å². The van der Waals surface area contributed by atoms with Crippen molar-refractivity contribution >= 4 is 22.8 Å². The number of rotatable bonds is 5. The molecular formula is C21H16ClFN4O3. The lowest BCUT2D eigenvalue weighted by molar-refractivity contribution is 0.414. The van der Waals surface area contributed by atoms with Crippen LogP contribution in [-0.4, -0.2) is 26.2 Å². The van der Waals surface area contributed by atoms with Crippen LogP contribution in [-0.2, 0) is 13.1 Å².